The number of nitrogens with zero attached hydrogens (tertiary/aromatic N) is 7. The van der Waals surface area contributed by atoms with Crippen LogP contribution in [0.2, 0.25) is 0 Å². The molecule has 3 aromatic rings. The minimum absolute atomic E-state index is 0.0212. The molecule has 178 valence electrons. The van der Waals surface area contributed by atoms with Gasteiger partial charge in [0.25, 0.3) is 0 Å². The average molecular weight is 487 g/mol. The first kappa shape index (κ1) is 23.2. The van der Waals surface area contributed by atoms with E-state index in [-0.39, 0.29) is 28.4 Å². The van der Waals surface area contributed by atoms with Crippen LogP contribution in [0.3, 0.4) is 0 Å². The summed E-state index contributed by atoms with van der Waals surface area (Å²) in [5.41, 5.74) is 0.313. The lowest BCUT2D eigenvalue weighted by atomic mass is 9.96. The summed E-state index contributed by atoms with van der Waals surface area (Å²) in [6, 6.07) is 2.60. The van der Waals surface area contributed by atoms with Crippen LogP contribution in [-0.2, 0) is 9.84 Å². The molecule has 13 nitrogen and oxygen atoms in total. The molecule has 0 aliphatic carbocycles. The quantitative estimate of drug-likeness (QED) is 0.353. The van der Waals surface area contributed by atoms with Gasteiger partial charge in [0.05, 0.1) is 11.1 Å². The van der Waals surface area contributed by atoms with Crippen molar-refractivity contribution in [3.05, 3.63) is 53.1 Å². The molecule has 4 rings (SSSR count). The zero-order chi connectivity index (χ0) is 24.5. The largest absolute Gasteiger partial charge is 0.432 e. The summed E-state index contributed by atoms with van der Waals surface area (Å²) in [6.07, 6.45) is 4.63. The highest BCUT2D eigenvalue weighted by molar-refractivity contribution is 7.90. The molecule has 34 heavy (non-hydrogen) atoms. The van der Waals surface area contributed by atoms with Crippen LogP contribution in [0.25, 0.3) is 5.57 Å². The predicted octanol–water partition coefficient (Wildman–Crippen LogP) is 2.78. The van der Waals surface area contributed by atoms with E-state index in [1.807, 2.05) is 0 Å². The number of aromatic nitrogens is 5. The number of ether oxygens (including phenoxy) is 1. The molecular formula is C20H21N7O6S. The zero-order valence-corrected chi connectivity index (χ0v) is 19.2. The highest BCUT2D eigenvalue weighted by Gasteiger charge is 2.33. The molecule has 1 aliphatic rings. The number of piperidine rings is 1. The second-order valence-corrected chi connectivity index (χ2v) is 9.77. The van der Waals surface area contributed by atoms with E-state index >= 15 is 0 Å². The van der Waals surface area contributed by atoms with E-state index in [4.69, 9.17) is 9.26 Å². The first-order chi connectivity index (χ1) is 16.1. The monoisotopic (exact) mass is 487 g/mol. The molecular weight excluding hydrogens is 466 g/mol. The third-order valence-corrected chi connectivity index (χ3v) is 6.22. The van der Waals surface area contributed by atoms with E-state index < -0.39 is 20.4 Å². The van der Waals surface area contributed by atoms with Gasteiger partial charge in [-0.2, -0.15) is 9.97 Å². The minimum Gasteiger partial charge on any atom is -0.432 e. The topological polar surface area (TPSA) is 167 Å². The fourth-order valence-corrected chi connectivity index (χ4v) is 4.05. The Labute approximate surface area is 194 Å². The molecule has 0 atom stereocenters. The average Bonchev–Trinajstić information content (AvgIpc) is 3.29. The van der Waals surface area contributed by atoms with Crippen LogP contribution in [0.15, 0.2) is 40.8 Å². The number of nitro groups is 1. The molecule has 0 bridgehead atoms. The lowest BCUT2D eigenvalue weighted by Gasteiger charge is -2.30. The van der Waals surface area contributed by atoms with Crippen LogP contribution in [0.4, 0.5) is 11.5 Å². The standard InChI is InChI=1S/C20H21N7O6S/c1-12(2)17-24-19(33-25-17)13-6-8-26(9-7-13)18-16(27(28)29)20(23-11-22-18)32-14-4-5-15(21-10-14)34(3,30)31/h4-5,10-11,13H,1,6-9H2,2-3H3. The van der Waals surface area contributed by atoms with Gasteiger partial charge in [-0.15, -0.1) is 0 Å². The summed E-state index contributed by atoms with van der Waals surface area (Å²) in [7, 11) is -3.49. The molecule has 0 unspecified atom stereocenters. The fourth-order valence-electron chi connectivity index (χ4n) is 3.49. The molecule has 0 N–H and O–H groups in total. The van der Waals surface area contributed by atoms with Crippen molar-refractivity contribution in [3.8, 4) is 11.6 Å². The Bertz CT molecular complexity index is 1330. The van der Waals surface area contributed by atoms with Gasteiger partial charge in [0.1, 0.15) is 12.1 Å². The van der Waals surface area contributed by atoms with Gasteiger partial charge in [0, 0.05) is 25.3 Å². The number of hydrogen-bond acceptors (Lipinski definition) is 12. The number of sulfone groups is 1. The van der Waals surface area contributed by atoms with Crippen LogP contribution in [-0.4, -0.2) is 57.8 Å². The Morgan fingerprint density at radius 1 is 1.26 bits per heavy atom. The second kappa shape index (κ2) is 9.13. The molecule has 0 aromatic carbocycles. The van der Waals surface area contributed by atoms with Gasteiger partial charge in [-0.1, -0.05) is 11.7 Å². The summed E-state index contributed by atoms with van der Waals surface area (Å²) in [4.78, 5) is 29.3. The van der Waals surface area contributed by atoms with Crippen molar-refractivity contribution < 1.29 is 22.6 Å². The maximum Gasteiger partial charge on any atom is 0.373 e. The van der Waals surface area contributed by atoms with Gasteiger partial charge in [-0.05, 0) is 37.5 Å². The molecule has 14 heteroatoms. The van der Waals surface area contributed by atoms with Crippen LogP contribution >= 0.6 is 0 Å². The predicted molar refractivity (Wildman–Crippen MR) is 119 cm³/mol. The van der Waals surface area contributed by atoms with Gasteiger partial charge in [0.15, 0.2) is 20.7 Å². The molecule has 4 heterocycles. The summed E-state index contributed by atoms with van der Waals surface area (Å²) >= 11 is 0. The van der Waals surface area contributed by atoms with Crippen LogP contribution in [0, 0.1) is 10.1 Å². The lowest BCUT2D eigenvalue weighted by molar-refractivity contribution is -0.385. The van der Waals surface area contributed by atoms with Crippen molar-refractivity contribution in [2.24, 2.45) is 0 Å². The third kappa shape index (κ3) is 4.85. The lowest BCUT2D eigenvalue weighted by Crippen LogP contribution is -2.34. The first-order valence-corrected chi connectivity index (χ1v) is 12.1. The smallest absolute Gasteiger partial charge is 0.373 e. The zero-order valence-electron chi connectivity index (χ0n) is 18.4. The Hall–Kier alpha value is -3.94. The third-order valence-electron chi connectivity index (χ3n) is 5.22. The maximum atomic E-state index is 11.9. The van der Waals surface area contributed by atoms with E-state index in [2.05, 4.69) is 31.7 Å². The van der Waals surface area contributed by atoms with Crippen molar-refractivity contribution in [3.63, 3.8) is 0 Å². The molecule has 1 fully saturated rings. The minimum atomic E-state index is -3.49. The first-order valence-electron chi connectivity index (χ1n) is 10.2. The number of rotatable bonds is 7. The molecule has 1 saturated heterocycles. The van der Waals surface area contributed by atoms with Gasteiger partial charge in [0.2, 0.25) is 11.7 Å². The Morgan fingerprint density at radius 3 is 2.56 bits per heavy atom. The van der Waals surface area contributed by atoms with E-state index in [0.29, 0.717) is 43.2 Å². The molecule has 0 radical (unpaired) electrons. The number of allylic oxidation sites excluding steroid dienone is 1. The molecule has 1 aliphatic heterocycles. The normalized spacial score (nSPS) is 14.7. The van der Waals surface area contributed by atoms with Crippen molar-refractivity contribution in [1.29, 1.82) is 0 Å². The molecule has 0 saturated carbocycles. The van der Waals surface area contributed by atoms with Crippen molar-refractivity contribution in [1.82, 2.24) is 25.1 Å². The highest BCUT2D eigenvalue weighted by Crippen LogP contribution is 2.38. The van der Waals surface area contributed by atoms with Gasteiger partial charge in [-0.3, -0.25) is 10.1 Å². The van der Waals surface area contributed by atoms with E-state index in [1.165, 1.54) is 18.5 Å². The van der Waals surface area contributed by atoms with Crippen LogP contribution in [0.1, 0.15) is 37.4 Å². The van der Waals surface area contributed by atoms with Crippen LogP contribution < -0.4 is 9.64 Å². The SMILES string of the molecule is C=C(C)c1noc(C2CCN(c3ncnc(Oc4ccc(S(C)(=O)=O)nc4)c3[N+](=O)[O-])CC2)n1. The summed E-state index contributed by atoms with van der Waals surface area (Å²) in [5.74, 6) is 0.960. The van der Waals surface area contributed by atoms with E-state index in [9.17, 15) is 18.5 Å². The Morgan fingerprint density at radius 2 is 2.00 bits per heavy atom. The highest BCUT2D eigenvalue weighted by atomic mass is 32.2. The van der Waals surface area contributed by atoms with Gasteiger partial charge in [-0.25, -0.2) is 18.4 Å². The van der Waals surface area contributed by atoms with Gasteiger partial charge >= 0.3 is 11.6 Å². The molecule has 0 spiro atoms. The number of pyridine rings is 1. The maximum absolute atomic E-state index is 11.9. The van der Waals surface area contributed by atoms with Crippen molar-refractivity contribution in [2.75, 3.05) is 24.2 Å². The molecule has 0 amide bonds. The number of hydrogen-bond donors (Lipinski definition) is 0. The molecule has 3 aromatic heterocycles. The van der Waals surface area contributed by atoms with Crippen LogP contribution in [0.5, 0.6) is 11.6 Å². The van der Waals surface area contributed by atoms with Crippen molar-refractivity contribution in [2.45, 2.75) is 30.7 Å². The summed E-state index contributed by atoms with van der Waals surface area (Å²) in [5, 5.41) is 15.7. The van der Waals surface area contributed by atoms with Crippen molar-refractivity contribution >= 4 is 26.9 Å². The fraction of sp³-hybridized carbons (Fsp3) is 0.350. The summed E-state index contributed by atoms with van der Waals surface area (Å²) < 4.78 is 34.1. The number of anilines is 1. The Balaban J connectivity index is 1.53. The Kier molecular flexibility index (Phi) is 6.24. The van der Waals surface area contributed by atoms with Gasteiger partial charge < -0.3 is 14.2 Å². The second-order valence-electron chi connectivity index (χ2n) is 7.81. The van der Waals surface area contributed by atoms with E-state index in [0.717, 1.165) is 12.5 Å². The summed E-state index contributed by atoms with van der Waals surface area (Å²) in [6.45, 7) is 6.53. The van der Waals surface area contributed by atoms with E-state index in [1.54, 1.807) is 11.8 Å².